The third-order valence-corrected chi connectivity index (χ3v) is 14.9. The van der Waals surface area contributed by atoms with Crippen molar-refractivity contribution in [3.8, 4) is 0 Å². The van der Waals surface area contributed by atoms with Gasteiger partial charge in [-0.1, -0.05) is 6.07 Å². The number of hydrogen-bond donors (Lipinski definition) is 2. The molecule has 3 saturated heterocycles. The highest BCUT2D eigenvalue weighted by Gasteiger charge is 2.56. The minimum atomic E-state index is -5.59. The van der Waals surface area contributed by atoms with Crippen LogP contribution >= 0.6 is 18.9 Å². The number of fused-ring (bicyclic) bond motifs is 3. The molecular formula is C42H53F2N6O11PS. The second kappa shape index (κ2) is 17.7. The standard InChI is InChI=1S/C42H53F2N6O11PS/c1-40(2,3)38(55)58-22-60-62(57,61-23-59-39(56)41(4,5)6)42(43,44)28-7-10-32-26(16-28)19-33(63-32)34(51)47-30-18-25-15-24(25)17-29-8-9-31(50(29)36(30)53)37(54)49-13-11-48(12-14-49)35(52)27-20-45-46-21-27/h7,10,16,19-21,24-25,29-31H,8-9,11-15,17-18,22-23H2,1-6H3,(H,45,46)(H,47,51)/t24-,25+,29-,30+,31+/m1/s1. The molecule has 3 aliphatic heterocycles. The number of amides is 4. The summed E-state index contributed by atoms with van der Waals surface area (Å²) in [4.78, 5) is 85.0. The highest BCUT2D eigenvalue weighted by Crippen LogP contribution is 2.67. The minimum absolute atomic E-state index is 0.125. The monoisotopic (exact) mass is 918 g/mol. The Kier molecular flexibility index (Phi) is 13.0. The van der Waals surface area contributed by atoms with Crippen LogP contribution in [0.5, 0.6) is 0 Å². The summed E-state index contributed by atoms with van der Waals surface area (Å²) in [6.07, 6.45) is 6.19. The number of aromatic amines is 1. The van der Waals surface area contributed by atoms with Gasteiger partial charge in [0.05, 0.1) is 27.5 Å². The number of esters is 2. The number of rotatable bonds is 12. The largest absolute Gasteiger partial charge is 0.438 e. The Balaban J connectivity index is 1.05. The number of aromatic nitrogens is 2. The number of carbonyl (C=O) groups excluding carboxylic acids is 6. The van der Waals surface area contributed by atoms with Crippen LogP contribution in [0.2, 0.25) is 0 Å². The average molecular weight is 919 g/mol. The zero-order chi connectivity index (χ0) is 45.6. The van der Waals surface area contributed by atoms with Gasteiger partial charge in [0.2, 0.25) is 25.4 Å². The molecular weight excluding hydrogens is 866 g/mol. The number of H-pyrrole nitrogens is 1. The van der Waals surface area contributed by atoms with Crippen LogP contribution in [-0.4, -0.2) is 118 Å². The fourth-order valence-electron chi connectivity index (χ4n) is 8.18. The van der Waals surface area contributed by atoms with Crippen LogP contribution < -0.4 is 5.32 Å². The van der Waals surface area contributed by atoms with E-state index in [1.807, 2.05) is 0 Å². The van der Waals surface area contributed by atoms with Crippen LogP contribution in [0.25, 0.3) is 10.1 Å². The number of alkyl halides is 2. The van der Waals surface area contributed by atoms with Crippen LogP contribution in [0.3, 0.4) is 0 Å². The molecule has 0 radical (unpaired) electrons. The maximum Gasteiger partial charge on any atom is 0.410 e. The highest BCUT2D eigenvalue weighted by atomic mass is 32.1. The molecule has 4 amide bonds. The zero-order valence-corrected chi connectivity index (χ0v) is 37.7. The van der Waals surface area contributed by atoms with Gasteiger partial charge in [-0.05, 0) is 109 Å². The lowest BCUT2D eigenvalue weighted by molar-refractivity contribution is -0.163. The summed E-state index contributed by atoms with van der Waals surface area (Å²) in [5, 5.41) is 9.56. The molecule has 5 atom stereocenters. The zero-order valence-electron chi connectivity index (χ0n) is 36.0. The van der Waals surface area contributed by atoms with E-state index in [0.29, 0.717) is 61.6 Å². The van der Waals surface area contributed by atoms with Crippen molar-refractivity contribution in [3.05, 3.63) is 52.7 Å². The van der Waals surface area contributed by atoms with E-state index in [1.165, 1.54) is 66.1 Å². The molecule has 1 saturated carbocycles. The first-order valence-electron chi connectivity index (χ1n) is 20.9. The van der Waals surface area contributed by atoms with Crippen molar-refractivity contribution in [2.75, 3.05) is 39.8 Å². The molecule has 1 aromatic carbocycles. The van der Waals surface area contributed by atoms with E-state index < -0.39 is 73.2 Å². The van der Waals surface area contributed by atoms with Gasteiger partial charge in [-0.15, -0.1) is 11.3 Å². The van der Waals surface area contributed by atoms with Crippen molar-refractivity contribution in [3.63, 3.8) is 0 Å². The van der Waals surface area contributed by atoms with E-state index in [9.17, 15) is 33.3 Å². The summed E-state index contributed by atoms with van der Waals surface area (Å²) >= 11 is 1.00. The maximum absolute atomic E-state index is 16.3. The first-order chi connectivity index (χ1) is 29.6. The summed E-state index contributed by atoms with van der Waals surface area (Å²) in [5.74, 6) is -2.35. The SMILES string of the molecule is CC(C)(C)C(=O)OCOP(=O)(OCOC(=O)C(C)(C)C)C(F)(F)c1ccc2sc(C(=O)N[C@H]3C[C@@H]4C[C@@H]4C[C@H]4CC[C@@H](C(=O)N5CCN(C(=O)c6cn[nH]c6)CC5)N4C3=O)cc2c1. The lowest BCUT2D eigenvalue weighted by atomic mass is 9.98. The second-order valence-electron chi connectivity index (χ2n) is 18.6. The number of thiophene rings is 1. The van der Waals surface area contributed by atoms with Gasteiger partial charge in [0.25, 0.3) is 11.8 Å². The molecule has 21 heteroatoms. The predicted molar refractivity (Wildman–Crippen MR) is 223 cm³/mol. The molecule has 0 unspecified atom stereocenters. The normalized spacial score (nSPS) is 23.1. The maximum atomic E-state index is 16.3. The summed E-state index contributed by atoms with van der Waals surface area (Å²) < 4.78 is 66.8. The number of nitrogens with zero attached hydrogens (tertiary/aromatic N) is 4. The lowest BCUT2D eigenvalue weighted by Gasteiger charge is -2.39. The van der Waals surface area contributed by atoms with E-state index in [2.05, 4.69) is 15.5 Å². The predicted octanol–water partition coefficient (Wildman–Crippen LogP) is 5.87. The van der Waals surface area contributed by atoms with Crippen molar-refractivity contribution < 1.29 is 60.6 Å². The van der Waals surface area contributed by atoms with Gasteiger partial charge in [0.15, 0.2) is 0 Å². The van der Waals surface area contributed by atoms with Gasteiger partial charge in [-0.3, -0.25) is 47.5 Å². The molecule has 7 rings (SSSR count). The summed E-state index contributed by atoms with van der Waals surface area (Å²) in [7, 11) is -5.59. The molecule has 5 heterocycles. The van der Waals surface area contributed by atoms with Crippen LogP contribution in [0, 0.1) is 22.7 Å². The Morgan fingerprint density at radius 1 is 0.873 bits per heavy atom. The van der Waals surface area contributed by atoms with Gasteiger partial charge in [-0.25, -0.2) is 0 Å². The molecule has 2 N–H and O–H groups in total. The number of nitrogens with one attached hydrogen (secondary N) is 2. The molecule has 4 aliphatic rings. The average Bonchev–Trinajstić information content (AvgIpc) is 3.63. The number of carbonyl (C=O) groups is 6. The first kappa shape index (κ1) is 46.2. The lowest BCUT2D eigenvalue weighted by Crippen LogP contribution is -2.59. The van der Waals surface area contributed by atoms with E-state index in [0.717, 1.165) is 36.3 Å². The fourth-order valence-corrected chi connectivity index (χ4v) is 10.4. The van der Waals surface area contributed by atoms with Gasteiger partial charge < -0.3 is 29.5 Å². The van der Waals surface area contributed by atoms with Crippen LogP contribution in [0.15, 0.2) is 36.7 Å². The summed E-state index contributed by atoms with van der Waals surface area (Å²) in [6, 6.07) is 2.92. The summed E-state index contributed by atoms with van der Waals surface area (Å²) in [5.41, 5.74) is -6.81. The molecule has 17 nitrogen and oxygen atoms in total. The molecule has 3 aromatic rings. The van der Waals surface area contributed by atoms with E-state index in [1.54, 1.807) is 14.7 Å². The highest BCUT2D eigenvalue weighted by molar-refractivity contribution is 7.54. The number of benzene rings is 1. The molecule has 0 bridgehead atoms. The minimum Gasteiger partial charge on any atom is -0.438 e. The fraction of sp³-hybridized carbons (Fsp3) is 0.595. The number of hydrogen-bond acceptors (Lipinski definition) is 13. The molecule has 4 fully saturated rings. The van der Waals surface area contributed by atoms with Gasteiger partial charge in [-0.2, -0.15) is 13.9 Å². The molecule has 63 heavy (non-hydrogen) atoms. The first-order valence-corrected chi connectivity index (χ1v) is 23.3. The van der Waals surface area contributed by atoms with E-state index >= 15 is 8.78 Å². The quantitative estimate of drug-likeness (QED) is 0.124. The van der Waals surface area contributed by atoms with Crippen molar-refractivity contribution in [1.29, 1.82) is 0 Å². The van der Waals surface area contributed by atoms with Gasteiger partial charge >= 0.3 is 25.2 Å². The van der Waals surface area contributed by atoms with Gasteiger partial charge in [0.1, 0.15) is 12.1 Å². The van der Waals surface area contributed by atoms with E-state index in [4.69, 9.17) is 18.5 Å². The van der Waals surface area contributed by atoms with Crippen molar-refractivity contribution in [2.45, 2.75) is 97.4 Å². The number of ether oxygens (including phenoxy) is 2. The molecule has 2 aromatic heterocycles. The second-order valence-corrected chi connectivity index (χ2v) is 21.8. The summed E-state index contributed by atoms with van der Waals surface area (Å²) in [6.45, 7) is 8.14. The molecule has 0 spiro atoms. The Labute approximate surface area is 367 Å². The Hall–Kier alpha value is -4.78. The number of halogens is 2. The molecule has 1 aliphatic carbocycles. The topological polar surface area (TPSA) is 207 Å². The third-order valence-electron chi connectivity index (χ3n) is 11.9. The Morgan fingerprint density at radius 2 is 1.49 bits per heavy atom. The smallest absolute Gasteiger partial charge is 0.410 e. The van der Waals surface area contributed by atoms with Crippen LogP contribution in [-0.2, 0) is 47.9 Å². The third kappa shape index (κ3) is 9.83. The van der Waals surface area contributed by atoms with Crippen LogP contribution in [0.1, 0.15) is 99.2 Å². The van der Waals surface area contributed by atoms with Crippen LogP contribution in [0.4, 0.5) is 8.78 Å². The van der Waals surface area contributed by atoms with Gasteiger partial charge in [0, 0.05) is 48.7 Å². The van der Waals surface area contributed by atoms with Crippen molar-refractivity contribution in [2.24, 2.45) is 22.7 Å². The van der Waals surface area contributed by atoms with Crippen molar-refractivity contribution >= 4 is 64.6 Å². The van der Waals surface area contributed by atoms with E-state index in [-0.39, 0.29) is 39.9 Å². The molecule has 342 valence electrons. The number of piperazine rings is 1. The Morgan fingerprint density at radius 3 is 2.10 bits per heavy atom. The Bertz CT molecular complexity index is 2270. The van der Waals surface area contributed by atoms with Crippen molar-refractivity contribution in [1.82, 2.24) is 30.2 Å².